The van der Waals surface area contributed by atoms with Crippen LogP contribution >= 0.6 is 10.0 Å². The van der Waals surface area contributed by atoms with E-state index >= 15 is 0 Å². The maximum Gasteiger partial charge on any atom is 0.323 e. The maximum absolute atomic E-state index is 11.0. The lowest BCUT2D eigenvalue weighted by Crippen LogP contribution is -1.99. The lowest BCUT2D eigenvalue weighted by molar-refractivity contribution is 1.21. The molecule has 0 bridgehead atoms. The van der Waals surface area contributed by atoms with Crippen LogP contribution in [0.15, 0.2) is 27.9 Å². The van der Waals surface area contributed by atoms with Gasteiger partial charge < -0.3 is 9.97 Å². The second kappa shape index (κ2) is 2.92. The van der Waals surface area contributed by atoms with E-state index in [0.717, 1.165) is 11.0 Å². The number of benzene rings is 1. The van der Waals surface area contributed by atoms with Gasteiger partial charge in [0.2, 0.25) is 0 Å². The predicted octanol–water partition coefficient (Wildman–Crippen LogP) is 1.91. The monoisotopic (exact) mass is 210 g/mol. The van der Waals surface area contributed by atoms with E-state index in [9.17, 15) is 4.79 Å². The topological polar surface area (TPSA) is 48.6 Å². The average Bonchev–Trinajstić information content (AvgIpc) is 2.41. The summed E-state index contributed by atoms with van der Waals surface area (Å²) in [7, 11) is -0.721. The number of rotatable bonds is 1. The van der Waals surface area contributed by atoms with Crippen LogP contribution in [0.4, 0.5) is 0 Å². The van der Waals surface area contributed by atoms with E-state index in [2.05, 4.69) is 40.9 Å². The molecule has 2 rings (SSSR count). The minimum Gasteiger partial charge on any atom is -0.306 e. The number of nitrogens with one attached hydrogen (secondary N) is 2. The van der Waals surface area contributed by atoms with E-state index in [4.69, 9.17) is 0 Å². The number of hydrogen-bond acceptors (Lipinski definition) is 1. The molecule has 1 heterocycles. The molecule has 76 valence electrons. The van der Waals surface area contributed by atoms with Gasteiger partial charge in [0.15, 0.2) is 0 Å². The largest absolute Gasteiger partial charge is 0.323 e. The van der Waals surface area contributed by atoms with Gasteiger partial charge in [-0.3, -0.25) is 0 Å². The van der Waals surface area contributed by atoms with Crippen LogP contribution < -0.4 is 5.69 Å². The third-order valence-electron chi connectivity index (χ3n) is 2.19. The van der Waals surface area contributed by atoms with Crippen molar-refractivity contribution >= 4 is 21.1 Å². The molecule has 4 heteroatoms. The Kier molecular flexibility index (Phi) is 1.96. The molecule has 0 unspecified atom stereocenters. The lowest BCUT2D eigenvalue weighted by Gasteiger charge is -2.25. The second-order valence-electron chi connectivity index (χ2n) is 4.12. The minimum absolute atomic E-state index is 0.138. The summed E-state index contributed by atoms with van der Waals surface area (Å²) >= 11 is 0. The number of H-pyrrole nitrogens is 2. The van der Waals surface area contributed by atoms with Crippen LogP contribution in [0.1, 0.15) is 0 Å². The van der Waals surface area contributed by atoms with Gasteiger partial charge in [-0.2, -0.15) is 0 Å². The van der Waals surface area contributed by atoms with Crippen molar-refractivity contribution in [2.45, 2.75) is 4.90 Å². The van der Waals surface area contributed by atoms with E-state index < -0.39 is 10.0 Å². The molecule has 0 amide bonds. The molecule has 14 heavy (non-hydrogen) atoms. The van der Waals surface area contributed by atoms with Crippen LogP contribution in [-0.4, -0.2) is 28.7 Å². The molecule has 0 spiro atoms. The third-order valence-corrected chi connectivity index (χ3v) is 3.86. The van der Waals surface area contributed by atoms with E-state index in [1.165, 1.54) is 4.90 Å². The standard InChI is InChI=1S/C10H14N2OS/c1-14(2,3)7-4-5-8-9(6-7)12-10(13)11-8/h4-6H,1-3H3,(H2,11,12,13). The van der Waals surface area contributed by atoms with Gasteiger partial charge in [0, 0.05) is 0 Å². The van der Waals surface area contributed by atoms with E-state index in [-0.39, 0.29) is 5.69 Å². The van der Waals surface area contributed by atoms with Gasteiger partial charge in [-0.25, -0.2) is 14.8 Å². The first-order chi connectivity index (χ1) is 6.47. The summed E-state index contributed by atoms with van der Waals surface area (Å²) < 4.78 is 0. The fourth-order valence-electron chi connectivity index (χ4n) is 1.39. The van der Waals surface area contributed by atoms with Gasteiger partial charge in [0.1, 0.15) is 0 Å². The molecule has 0 atom stereocenters. The van der Waals surface area contributed by atoms with Crippen LogP contribution in [0, 0.1) is 0 Å². The molecular formula is C10H14N2OS. The molecule has 0 aliphatic heterocycles. The molecule has 0 aliphatic rings. The summed E-state index contributed by atoms with van der Waals surface area (Å²) in [5.41, 5.74) is 1.64. The van der Waals surface area contributed by atoms with E-state index in [1.807, 2.05) is 6.07 Å². The molecular weight excluding hydrogens is 196 g/mol. The quantitative estimate of drug-likeness (QED) is 0.742. The Balaban J connectivity index is 2.67. The van der Waals surface area contributed by atoms with Crippen molar-refractivity contribution in [3.8, 4) is 0 Å². The first-order valence-corrected chi connectivity index (χ1v) is 7.23. The van der Waals surface area contributed by atoms with Crippen molar-refractivity contribution in [1.29, 1.82) is 0 Å². The minimum atomic E-state index is -0.721. The summed E-state index contributed by atoms with van der Waals surface area (Å²) in [6, 6.07) is 6.10. The lowest BCUT2D eigenvalue weighted by atomic mass is 10.3. The Labute approximate surface area is 83.9 Å². The summed E-state index contributed by atoms with van der Waals surface area (Å²) in [5, 5.41) is 0. The van der Waals surface area contributed by atoms with Crippen molar-refractivity contribution in [3.63, 3.8) is 0 Å². The van der Waals surface area contributed by atoms with Gasteiger partial charge in [-0.15, -0.1) is 0 Å². The Morgan fingerprint density at radius 1 is 1.07 bits per heavy atom. The number of aromatic nitrogens is 2. The Morgan fingerprint density at radius 3 is 2.36 bits per heavy atom. The molecule has 1 aromatic heterocycles. The molecule has 3 nitrogen and oxygen atoms in total. The predicted molar refractivity (Wildman–Crippen MR) is 62.5 cm³/mol. The van der Waals surface area contributed by atoms with Crippen molar-refractivity contribution in [3.05, 3.63) is 28.7 Å². The maximum atomic E-state index is 11.0. The van der Waals surface area contributed by atoms with Crippen LogP contribution in [0.5, 0.6) is 0 Å². The first kappa shape index (κ1) is 9.40. The average molecular weight is 210 g/mol. The summed E-state index contributed by atoms with van der Waals surface area (Å²) in [5.74, 6) is 0. The third kappa shape index (κ3) is 1.57. The normalized spacial score (nSPS) is 13.4. The molecule has 0 fully saturated rings. The smallest absolute Gasteiger partial charge is 0.306 e. The highest BCUT2D eigenvalue weighted by Crippen LogP contribution is 2.45. The number of imidazole rings is 1. The molecule has 1 aromatic carbocycles. The zero-order valence-corrected chi connectivity index (χ0v) is 9.37. The van der Waals surface area contributed by atoms with Crippen LogP contribution in [0.2, 0.25) is 0 Å². The van der Waals surface area contributed by atoms with Crippen molar-refractivity contribution in [2.24, 2.45) is 0 Å². The first-order valence-electron chi connectivity index (χ1n) is 4.37. The molecule has 0 saturated carbocycles. The Morgan fingerprint density at radius 2 is 1.71 bits per heavy atom. The van der Waals surface area contributed by atoms with Gasteiger partial charge in [-0.05, 0) is 41.9 Å². The van der Waals surface area contributed by atoms with Crippen molar-refractivity contribution < 1.29 is 0 Å². The molecule has 0 aliphatic carbocycles. The zero-order valence-electron chi connectivity index (χ0n) is 8.55. The molecule has 2 aromatic rings. The summed E-state index contributed by atoms with van der Waals surface area (Å²) in [4.78, 5) is 17.9. The number of hydrogen-bond donors (Lipinski definition) is 2. The Bertz CT molecular complexity index is 519. The van der Waals surface area contributed by atoms with Gasteiger partial charge in [0.25, 0.3) is 0 Å². The van der Waals surface area contributed by atoms with Crippen LogP contribution in [0.3, 0.4) is 0 Å². The van der Waals surface area contributed by atoms with Crippen molar-refractivity contribution in [1.82, 2.24) is 9.97 Å². The SMILES string of the molecule is CS(C)(C)c1ccc2[nH]c(=O)[nH]c2c1. The fraction of sp³-hybridized carbons (Fsp3) is 0.300. The summed E-state index contributed by atoms with van der Waals surface area (Å²) in [6.07, 6.45) is 6.71. The molecule has 2 N–H and O–H groups in total. The van der Waals surface area contributed by atoms with Crippen LogP contribution in [0.25, 0.3) is 11.0 Å². The molecule has 0 radical (unpaired) electrons. The zero-order chi connectivity index (χ0) is 10.3. The highest BCUT2D eigenvalue weighted by molar-refractivity contribution is 8.32. The number of fused-ring (bicyclic) bond motifs is 1. The summed E-state index contributed by atoms with van der Waals surface area (Å²) in [6.45, 7) is 0. The second-order valence-corrected chi connectivity index (χ2v) is 8.27. The number of aromatic amines is 2. The highest BCUT2D eigenvalue weighted by Gasteiger charge is 2.09. The van der Waals surface area contributed by atoms with Gasteiger partial charge in [-0.1, -0.05) is 0 Å². The van der Waals surface area contributed by atoms with Gasteiger partial charge >= 0.3 is 5.69 Å². The molecule has 0 saturated heterocycles. The van der Waals surface area contributed by atoms with E-state index in [1.54, 1.807) is 0 Å². The van der Waals surface area contributed by atoms with Crippen molar-refractivity contribution in [2.75, 3.05) is 18.8 Å². The van der Waals surface area contributed by atoms with Crippen LogP contribution in [-0.2, 0) is 0 Å². The highest BCUT2D eigenvalue weighted by atomic mass is 32.3. The van der Waals surface area contributed by atoms with E-state index in [0.29, 0.717) is 0 Å². The van der Waals surface area contributed by atoms with Gasteiger partial charge in [0.05, 0.1) is 11.0 Å². The fourth-order valence-corrected chi connectivity index (χ4v) is 2.34. The Hall–Kier alpha value is -1.16.